The standard InChI is InChI=1S/C72H52N2O12/c75-63(25-29-67(79)80)35-43-1-3-51-37-57(17-13-49(51)33-43)71(58-18-14-50-34-44(2-4-52(50)38-58)36-64(76)26-30-68(81)82)47-9-5-45(6-10-47)46-7-11-48(12-8-46)72(59-19-15-55-41-61(23-21-53(55)39-59)73-65(77)27-31-69(83)84)60-20-16-56-42-62(24-22-54(56)40-60)74-66(78)28-32-70(85)86/h1-34,37-42,71-72H,35-36H2,(H,73,77)(H,74,78)(H,79,80)(H,81,82)(H,83,84)(H,85,86)/b29-25+,30-26+,31-27+,32-28+. The van der Waals surface area contributed by atoms with Gasteiger partial charge in [-0.3, -0.25) is 19.2 Å². The number of carbonyl (C=O) groups excluding carboxylic acids is 4. The van der Waals surface area contributed by atoms with Crippen molar-refractivity contribution in [2.24, 2.45) is 0 Å². The van der Waals surface area contributed by atoms with E-state index < -0.39 is 35.7 Å². The third-order valence-corrected chi connectivity index (χ3v) is 14.6. The predicted molar refractivity (Wildman–Crippen MR) is 331 cm³/mol. The van der Waals surface area contributed by atoms with Gasteiger partial charge in [0.25, 0.3) is 0 Å². The molecule has 422 valence electrons. The van der Waals surface area contributed by atoms with Crippen molar-refractivity contribution in [3.8, 4) is 11.1 Å². The molecule has 0 aliphatic carbocycles. The number of aliphatic carboxylic acids is 4. The summed E-state index contributed by atoms with van der Waals surface area (Å²) in [6.07, 6.45) is 7.37. The van der Waals surface area contributed by atoms with Gasteiger partial charge in [0.1, 0.15) is 0 Å². The van der Waals surface area contributed by atoms with E-state index in [2.05, 4.69) is 95.6 Å². The number of allylic oxidation sites excluding steroid dienone is 2. The van der Waals surface area contributed by atoms with Crippen molar-refractivity contribution in [3.63, 3.8) is 0 Å². The zero-order chi connectivity index (χ0) is 60.4. The SMILES string of the molecule is O=C(O)/C=C/C(=O)Cc1ccc2cc(C(c3ccc(-c4ccc(C(c5ccc6cc(NC(=O)/C=C/C(=O)O)ccc6c5)c5ccc6cc(NC(=O)/C=C/C(=O)O)ccc6c5)cc4)cc3)c3ccc4cc(CC(=O)/C=C/C(=O)O)ccc4c3)ccc2c1. The van der Waals surface area contributed by atoms with Crippen LogP contribution in [0.4, 0.5) is 11.4 Å². The number of rotatable bonds is 21. The van der Waals surface area contributed by atoms with E-state index in [4.69, 9.17) is 20.4 Å². The highest BCUT2D eigenvalue weighted by Crippen LogP contribution is 2.39. The van der Waals surface area contributed by atoms with Crippen LogP contribution in [0, 0.1) is 0 Å². The molecule has 0 spiro atoms. The zero-order valence-electron chi connectivity index (χ0n) is 45.7. The Morgan fingerprint density at radius 1 is 0.291 bits per heavy atom. The number of carboxylic acid groups (broad SMARTS) is 4. The molecule has 0 radical (unpaired) electrons. The highest BCUT2D eigenvalue weighted by molar-refractivity contribution is 6.05. The number of fused-ring (bicyclic) bond motifs is 4. The summed E-state index contributed by atoms with van der Waals surface area (Å²) < 4.78 is 0. The first-order valence-electron chi connectivity index (χ1n) is 27.1. The Morgan fingerprint density at radius 2 is 0.558 bits per heavy atom. The van der Waals surface area contributed by atoms with Gasteiger partial charge in [-0.2, -0.15) is 0 Å². The molecule has 0 aromatic heterocycles. The van der Waals surface area contributed by atoms with Crippen LogP contribution in [-0.4, -0.2) is 67.7 Å². The first kappa shape index (κ1) is 57.6. The smallest absolute Gasteiger partial charge is 0.328 e. The number of anilines is 2. The fourth-order valence-corrected chi connectivity index (χ4v) is 10.7. The van der Waals surface area contributed by atoms with E-state index in [9.17, 15) is 38.4 Å². The van der Waals surface area contributed by atoms with Crippen molar-refractivity contribution in [2.45, 2.75) is 24.7 Å². The molecule has 0 bridgehead atoms. The molecule has 0 fully saturated rings. The summed E-state index contributed by atoms with van der Waals surface area (Å²) >= 11 is 0. The van der Waals surface area contributed by atoms with Crippen LogP contribution in [-0.2, 0) is 51.2 Å². The van der Waals surface area contributed by atoms with E-state index in [-0.39, 0.29) is 36.2 Å². The molecule has 2 amide bonds. The molecular weight excluding hydrogens is 1080 g/mol. The summed E-state index contributed by atoms with van der Waals surface area (Å²) in [5.74, 6) is -7.15. The van der Waals surface area contributed by atoms with Gasteiger partial charge >= 0.3 is 23.9 Å². The number of benzene rings is 10. The van der Waals surface area contributed by atoms with Crippen molar-refractivity contribution in [2.75, 3.05) is 10.6 Å². The number of carbonyl (C=O) groups is 8. The Bertz CT molecular complexity index is 3990. The number of ketones is 2. The molecular formula is C72H52N2O12. The molecule has 14 nitrogen and oxygen atoms in total. The Labute approximate surface area is 492 Å². The minimum absolute atomic E-state index is 0.0518. The monoisotopic (exact) mass is 1140 g/mol. The third-order valence-electron chi connectivity index (χ3n) is 14.6. The second kappa shape index (κ2) is 25.7. The lowest BCUT2D eigenvalue weighted by Crippen LogP contribution is -2.08. The van der Waals surface area contributed by atoms with Crippen LogP contribution < -0.4 is 10.6 Å². The Hall–Kier alpha value is -11.6. The molecule has 0 saturated carbocycles. The summed E-state index contributed by atoms with van der Waals surface area (Å²) in [6.45, 7) is 0. The van der Waals surface area contributed by atoms with Gasteiger partial charge in [0.2, 0.25) is 11.8 Å². The molecule has 0 saturated heterocycles. The summed E-state index contributed by atoms with van der Waals surface area (Å²) in [5, 5.41) is 48.6. The number of amides is 2. The van der Waals surface area contributed by atoms with Crippen LogP contribution >= 0.6 is 0 Å². The molecule has 10 aromatic carbocycles. The average Bonchev–Trinajstić information content (AvgIpc) is 1.72. The summed E-state index contributed by atoms with van der Waals surface area (Å²) in [6, 6.07) is 64.1. The van der Waals surface area contributed by atoms with Crippen molar-refractivity contribution in [1.82, 2.24) is 0 Å². The van der Waals surface area contributed by atoms with Crippen LogP contribution in [0.5, 0.6) is 0 Å². The van der Waals surface area contributed by atoms with Crippen LogP contribution in [0.15, 0.2) is 243 Å². The van der Waals surface area contributed by atoms with Crippen molar-refractivity contribution in [3.05, 3.63) is 287 Å². The first-order valence-corrected chi connectivity index (χ1v) is 27.1. The van der Waals surface area contributed by atoms with E-state index in [1.807, 2.05) is 97.1 Å². The van der Waals surface area contributed by atoms with Gasteiger partial charge in [-0.05, 0) is 135 Å². The van der Waals surface area contributed by atoms with E-state index in [0.717, 1.165) is 147 Å². The molecule has 0 aliphatic heterocycles. The van der Waals surface area contributed by atoms with Crippen LogP contribution in [0.2, 0.25) is 0 Å². The van der Waals surface area contributed by atoms with Crippen molar-refractivity contribution >= 4 is 102 Å². The average molecular weight is 1140 g/mol. The maximum absolute atomic E-state index is 12.5. The van der Waals surface area contributed by atoms with E-state index >= 15 is 0 Å². The fraction of sp³-hybridized carbons (Fsp3) is 0.0556. The number of hydrogen-bond donors (Lipinski definition) is 6. The van der Waals surface area contributed by atoms with E-state index in [1.165, 1.54) is 0 Å². The minimum atomic E-state index is -1.23. The van der Waals surface area contributed by atoms with E-state index in [0.29, 0.717) is 11.4 Å². The Kier molecular flexibility index (Phi) is 17.2. The van der Waals surface area contributed by atoms with Gasteiger partial charge in [-0.15, -0.1) is 0 Å². The largest absolute Gasteiger partial charge is 0.478 e. The highest BCUT2D eigenvalue weighted by Gasteiger charge is 2.22. The zero-order valence-corrected chi connectivity index (χ0v) is 45.7. The van der Waals surface area contributed by atoms with Crippen LogP contribution in [0.25, 0.3) is 54.2 Å². The first-order chi connectivity index (χ1) is 41.5. The molecule has 10 rings (SSSR count). The van der Waals surface area contributed by atoms with Gasteiger partial charge < -0.3 is 31.1 Å². The third kappa shape index (κ3) is 14.3. The lowest BCUT2D eigenvalue weighted by molar-refractivity contribution is -0.132. The van der Waals surface area contributed by atoms with Gasteiger partial charge in [-0.1, -0.05) is 170 Å². The van der Waals surface area contributed by atoms with E-state index in [1.54, 1.807) is 12.1 Å². The Morgan fingerprint density at radius 3 is 0.884 bits per heavy atom. The molecule has 0 heterocycles. The topological polar surface area (TPSA) is 242 Å². The van der Waals surface area contributed by atoms with Crippen molar-refractivity contribution < 1.29 is 58.8 Å². The summed E-state index contributed by atoms with van der Waals surface area (Å²) in [5.41, 5.74) is 10.5. The highest BCUT2D eigenvalue weighted by atomic mass is 16.4. The lowest BCUT2D eigenvalue weighted by Gasteiger charge is -2.22. The lowest BCUT2D eigenvalue weighted by atomic mass is 9.82. The second-order valence-electron chi connectivity index (χ2n) is 20.6. The summed E-state index contributed by atoms with van der Waals surface area (Å²) in [4.78, 5) is 93.9. The number of hydrogen-bond acceptors (Lipinski definition) is 8. The fourth-order valence-electron chi connectivity index (χ4n) is 10.7. The van der Waals surface area contributed by atoms with Gasteiger partial charge in [0.05, 0.1) is 0 Å². The quantitative estimate of drug-likeness (QED) is 0.0291. The molecule has 0 unspecified atom stereocenters. The molecule has 0 aliphatic rings. The normalized spacial score (nSPS) is 11.7. The maximum atomic E-state index is 12.5. The van der Waals surface area contributed by atoms with Crippen LogP contribution in [0.3, 0.4) is 0 Å². The van der Waals surface area contributed by atoms with Gasteiger partial charge in [0, 0.05) is 72.5 Å². The Balaban J connectivity index is 0.979. The predicted octanol–water partition coefficient (Wildman–Crippen LogP) is 13.0. The minimum Gasteiger partial charge on any atom is -0.478 e. The van der Waals surface area contributed by atoms with Crippen LogP contribution in [0.1, 0.15) is 56.3 Å². The van der Waals surface area contributed by atoms with Crippen molar-refractivity contribution in [1.29, 1.82) is 0 Å². The van der Waals surface area contributed by atoms with Gasteiger partial charge in [0.15, 0.2) is 11.6 Å². The molecule has 0 atom stereocenters. The molecule has 10 aromatic rings. The number of nitrogens with one attached hydrogen (secondary N) is 2. The van der Waals surface area contributed by atoms with Gasteiger partial charge in [-0.25, -0.2) is 19.2 Å². The molecule has 6 N–H and O–H groups in total. The second-order valence-corrected chi connectivity index (χ2v) is 20.6. The molecule has 14 heteroatoms. The molecule has 86 heavy (non-hydrogen) atoms. The summed E-state index contributed by atoms with van der Waals surface area (Å²) in [7, 11) is 0. The number of carboxylic acids is 4. The maximum Gasteiger partial charge on any atom is 0.328 e.